The van der Waals surface area contributed by atoms with E-state index in [0.29, 0.717) is 23.0 Å². The highest BCUT2D eigenvalue weighted by Gasteiger charge is 2.35. The first kappa shape index (κ1) is 18.9. The predicted molar refractivity (Wildman–Crippen MR) is 95.1 cm³/mol. The van der Waals surface area contributed by atoms with Crippen molar-refractivity contribution in [3.63, 3.8) is 0 Å². The third kappa shape index (κ3) is 3.76. The maximum Gasteiger partial charge on any atom is 0.348 e. The minimum absolute atomic E-state index is 0.0850. The molecule has 7 nitrogen and oxygen atoms in total. The fraction of sp³-hybridized carbons (Fsp3) is 0.529. The number of allylic oxidation sites excluding steroid dienone is 2. The highest BCUT2D eigenvalue weighted by Crippen LogP contribution is 2.29. The molecule has 2 fully saturated rings. The molecule has 0 aliphatic carbocycles. The van der Waals surface area contributed by atoms with Gasteiger partial charge in [0.25, 0.3) is 0 Å². The van der Waals surface area contributed by atoms with Crippen molar-refractivity contribution < 1.29 is 22.3 Å². The van der Waals surface area contributed by atoms with Gasteiger partial charge >= 0.3 is 6.61 Å². The van der Waals surface area contributed by atoms with E-state index >= 15 is 0 Å². The molecule has 152 valence electrons. The molecule has 0 saturated carbocycles. The number of nitrogens with two attached hydrogens (primary N) is 1. The van der Waals surface area contributed by atoms with Crippen LogP contribution in [0.3, 0.4) is 0 Å². The van der Waals surface area contributed by atoms with Gasteiger partial charge in [-0.15, -0.1) is 0 Å². The maximum atomic E-state index is 13.6. The number of nitrogens with one attached hydrogen (secondary N) is 1. The lowest BCUT2D eigenvalue weighted by Crippen LogP contribution is -2.53. The van der Waals surface area contributed by atoms with Gasteiger partial charge < -0.3 is 15.1 Å². The Labute approximate surface area is 158 Å². The van der Waals surface area contributed by atoms with Crippen molar-refractivity contribution in [3.8, 4) is 0 Å². The van der Waals surface area contributed by atoms with Crippen LogP contribution in [0, 0.1) is 0 Å². The van der Waals surface area contributed by atoms with Crippen LogP contribution in [0.1, 0.15) is 12.1 Å². The zero-order valence-electron chi connectivity index (χ0n) is 14.9. The van der Waals surface area contributed by atoms with Gasteiger partial charge in [0.05, 0.1) is 18.8 Å². The minimum Gasteiger partial charge on any atom is -0.350 e. The zero-order chi connectivity index (χ0) is 19.9. The summed E-state index contributed by atoms with van der Waals surface area (Å²) in [6.07, 6.45) is 2.05. The van der Waals surface area contributed by atoms with E-state index in [-0.39, 0.29) is 13.1 Å². The van der Waals surface area contributed by atoms with Crippen LogP contribution in [-0.4, -0.2) is 61.0 Å². The minimum atomic E-state index is -3.04. The number of aromatic nitrogens is 2. The third-order valence-electron chi connectivity index (χ3n) is 4.89. The molecule has 3 atom stereocenters. The van der Waals surface area contributed by atoms with Crippen molar-refractivity contribution in [2.24, 2.45) is 5.73 Å². The first-order chi connectivity index (χ1) is 13.3. The highest BCUT2D eigenvalue weighted by atomic mass is 19.3. The van der Waals surface area contributed by atoms with Gasteiger partial charge in [0.15, 0.2) is 12.3 Å². The second-order valence-electron chi connectivity index (χ2n) is 6.94. The lowest BCUT2D eigenvalue weighted by molar-refractivity contribution is -0.196. The van der Waals surface area contributed by atoms with E-state index in [4.69, 9.17) is 5.73 Å². The Hall–Kier alpha value is -2.40. The Morgan fingerprint density at radius 3 is 2.43 bits per heavy atom. The molecule has 3 aliphatic heterocycles. The smallest absolute Gasteiger partial charge is 0.348 e. The Kier molecular flexibility index (Phi) is 4.88. The van der Waals surface area contributed by atoms with Crippen LogP contribution in [0.25, 0.3) is 5.57 Å². The molecule has 0 amide bonds. The monoisotopic (exact) mass is 400 g/mol. The number of dihydropyridines is 1. The average Bonchev–Trinajstić information content (AvgIpc) is 2.92. The second kappa shape index (κ2) is 7.21. The molecule has 2 saturated heterocycles. The normalized spacial score (nSPS) is 29.7. The number of halogens is 4. The molecule has 3 aliphatic rings. The highest BCUT2D eigenvalue weighted by molar-refractivity contribution is 5.75. The molecule has 0 radical (unpaired) electrons. The number of nitrogens with zero attached hydrogens (tertiary/aromatic N) is 4. The van der Waals surface area contributed by atoms with Gasteiger partial charge in [-0.05, 0) is 18.6 Å². The van der Waals surface area contributed by atoms with Gasteiger partial charge in [-0.3, -0.25) is 10.5 Å². The first-order valence-electron chi connectivity index (χ1n) is 8.92. The number of hydrogen-bond acceptors (Lipinski definition) is 7. The van der Waals surface area contributed by atoms with E-state index in [9.17, 15) is 17.6 Å². The van der Waals surface area contributed by atoms with Crippen LogP contribution in [0.4, 0.5) is 29.3 Å². The van der Waals surface area contributed by atoms with Gasteiger partial charge in [-0.2, -0.15) is 13.8 Å². The van der Waals surface area contributed by atoms with Crippen LogP contribution < -0.4 is 20.9 Å². The predicted octanol–water partition coefficient (Wildman–Crippen LogP) is 1.53. The number of ether oxygens (including phenoxy) is 1. The van der Waals surface area contributed by atoms with Gasteiger partial charge in [0, 0.05) is 30.9 Å². The topological polar surface area (TPSA) is 79.5 Å². The molecule has 1 unspecified atom stereocenters. The molecule has 0 bridgehead atoms. The van der Waals surface area contributed by atoms with Gasteiger partial charge in [-0.1, -0.05) is 0 Å². The lowest BCUT2D eigenvalue weighted by atomic mass is 10.1. The summed E-state index contributed by atoms with van der Waals surface area (Å²) in [6.45, 7) is -1.63. The molecule has 4 rings (SSSR count). The van der Waals surface area contributed by atoms with Crippen LogP contribution in [0.2, 0.25) is 0 Å². The molecular weight excluding hydrogens is 380 g/mol. The Balaban J connectivity index is 1.62. The van der Waals surface area contributed by atoms with E-state index in [1.54, 1.807) is 6.07 Å². The lowest BCUT2D eigenvalue weighted by Gasteiger charge is -2.32. The molecule has 28 heavy (non-hydrogen) atoms. The van der Waals surface area contributed by atoms with Crippen molar-refractivity contribution in [2.75, 3.05) is 36.0 Å². The summed E-state index contributed by atoms with van der Waals surface area (Å²) in [7, 11) is 0. The van der Waals surface area contributed by atoms with E-state index < -0.39 is 24.8 Å². The molecule has 0 spiro atoms. The molecule has 1 aromatic heterocycles. The summed E-state index contributed by atoms with van der Waals surface area (Å²) in [4.78, 5) is 12.5. The fourth-order valence-electron chi connectivity index (χ4n) is 3.18. The quantitative estimate of drug-likeness (QED) is 0.573. The summed E-state index contributed by atoms with van der Waals surface area (Å²) in [6, 6.07) is 1.61. The average molecular weight is 400 g/mol. The molecule has 4 heterocycles. The zero-order valence-corrected chi connectivity index (χ0v) is 14.9. The second-order valence-corrected chi connectivity index (χ2v) is 6.94. The summed E-state index contributed by atoms with van der Waals surface area (Å²) >= 11 is 0. The summed E-state index contributed by atoms with van der Waals surface area (Å²) in [5.74, 6) is -0.956. The third-order valence-corrected chi connectivity index (χ3v) is 4.89. The summed E-state index contributed by atoms with van der Waals surface area (Å²) in [5.41, 5.74) is 6.72. The molecule has 11 heteroatoms. The van der Waals surface area contributed by atoms with Gasteiger partial charge in [0.2, 0.25) is 11.8 Å². The first-order valence-corrected chi connectivity index (χ1v) is 8.92. The van der Waals surface area contributed by atoms with Crippen LogP contribution in [-0.2, 0) is 4.74 Å². The van der Waals surface area contributed by atoms with E-state index in [1.807, 2.05) is 4.90 Å². The Morgan fingerprint density at radius 2 is 1.89 bits per heavy atom. The Morgan fingerprint density at radius 1 is 1.18 bits per heavy atom. The largest absolute Gasteiger partial charge is 0.350 e. The molecular formula is C17H20F4N6O. The van der Waals surface area contributed by atoms with Crippen LogP contribution in [0.5, 0.6) is 0 Å². The van der Waals surface area contributed by atoms with Crippen molar-refractivity contribution >= 4 is 17.3 Å². The van der Waals surface area contributed by atoms with Crippen molar-refractivity contribution in [1.82, 2.24) is 15.3 Å². The fourth-order valence-corrected chi connectivity index (χ4v) is 3.18. The van der Waals surface area contributed by atoms with Gasteiger partial charge in [0.1, 0.15) is 5.82 Å². The van der Waals surface area contributed by atoms with Crippen molar-refractivity contribution in [1.29, 1.82) is 0 Å². The SMILES string of the molecule is NC1(OC(F)F)C=CC(c2cc(N3C[C@@H](F)[C@@H](F)C3)nc(N3CCC3)n2)=CN1. The Bertz CT molecular complexity index is 792. The summed E-state index contributed by atoms with van der Waals surface area (Å²) < 4.78 is 56.6. The van der Waals surface area contributed by atoms with Crippen LogP contribution >= 0.6 is 0 Å². The maximum absolute atomic E-state index is 13.6. The van der Waals surface area contributed by atoms with Crippen molar-refractivity contribution in [3.05, 3.63) is 30.1 Å². The van der Waals surface area contributed by atoms with Gasteiger partial charge in [-0.25, -0.2) is 13.8 Å². The van der Waals surface area contributed by atoms with E-state index in [2.05, 4.69) is 20.0 Å². The van der Waals surface area contributed by atoms with Crippen molar-refractivity contribution in [2.45, 2.75) is 31.2 Å². The molecule has 3 N–H and O–H groups in total. The number of rotatable bonds is 5. The summed E-state index contributed by atoms with van der Waals surface area (Å²) in [5, 5.41) is 2.57. The molecule has 1 aromatic rings. The van der Waals surface area contributed by atoms with E-state index in [0.717, 1.165) is 19.5 Å². The number of anilines is 2. The number of hydrogen-bond donors (Lipinski definition) is 2. The van der Waals surface area contributed by atoms with Crippen LogP contribution in [0.15, 0.2) is 24.4 Å². The van der Waals surface area contributed by atoms with E-state index in [1.165, 1.54) is 23.3 Å². The number of alkyl halides is 4. The standard InChI is InChI=1S/C17H20F4N6O/c18-11-8-27(9-12(11)19)14-6-13(24-16(25-14)26-4-1-5-26)10-2-3-17(22,23-7-10)28-15(20)21/h2-3,6-7,11-12,15,23H,1,4-5,8-9,22H2/t11-,12+,17?. The molecule has 0 aromatic carbocycles.